The number of hydrogen-bond acceptors (Lipinski definition) is 3. The number of benzene rings is 1. The van der Waals surface area contributed by atoms with Crippen molar-refractivity contribution in [2.75, 3.05) is 11.9 Å². The van der Waals surface area contributed by atoms with Crippen molar-refractivity contribution in [3.8, 4) is 5.69 Å². The van der Waals surface area contributed by atoms with Crippen molar-refractivity contribution in [2.45, 2.75) is 19.9 Å². The average molecular weight is 302 g/mol. The molecule has 1 heterocycles. The second kappa shape index (κ2) is 6.89. The van der Waals surface area contributed by atoms with Crippen molar-refractivity contribution in [3.63, 3.8) is 0 Å². The van der Waals surface area contributed by atoms with Crippen LogP contribution in [0.1, 0.15) is 12.6 Å². The van der Waals surface area contributed by atoms with E-state index in [-0.39, 0.29) is 11.7 Å². The van der Waals surface area contributed by atoms with E-state index in [1.54, 1.807) is 37.4 Å². The Morgan fingerprint density at radius 3 is 2.91 bits per heavy atom. The number of anilines is 1. The largest absolute Gasteiger partial charge is 0.371 e. The summed E-state index contributed by atoms with van der Waals surface area (Å²) < 4.78 is 15.3. The fourth-order valence-electron chi connectivity index (χ4n) is 2.04. The second-order valence-electron chi connectivity index (χ2n) is 4.91. The Bertz CT molecular complexity index is 681. The first-order valence-electron chi connectivity index (χ1n) is 6.99. The SMILES string of the molecule is C=CCNC(=O)[C@@H](C)Nc1cnn(-c2ccccc2F)c1C. The number of nitrogens with one attached hydrogen (secondary N) is 2. The number of rotatable bonds is 6. The van der Waals surface area contributed by atoms with Crippen molar-refractivity contribution >= 4 is 11.6 Å². The molecule has 0 unspecified atom stereocenters. The Balaban J connectivity index is 2.16. The molecule has 2 rings (SSSR count). The molecule has 0 aliphatic carbocycles. The molecule has 1 atom stereocenters. The van der Waals surface area contributed by atoms with Gasteiger partial charge in [-0.3, -0.25) is 4.79 Å². The van der Waals surface area contributed by atoms with Gasteiger partial charge in [-0.15, -0.1) is 6.58 Å². The third-order valence-electron chi connectivity index (χ3n) is 3.28. The van der Waals surface area contributed by atoms with Crippen molar-refractivity contribution < 1.29 is 9.18 Å². The summed E-state index contributed by atoms with van der Waals surface area (Å²) in [4.78, 5) is 11.8. The van der Waals surface area contributed by atoms with Gasteiger partial charge in [-0.25, -0.2) is 9.07 Å². The van der Waals surface area contributed by atoms with Gasteiger partial charge in [0, 0.05) is 6.54 Å². The molecule has 2 N–H and O–H groups in total. The van der Waals surface area contributed by atoms with E-state index in [9.17, 15) is 9.18 Å². The van der Waals surface area contributed by atoms with Crippen LogP contribution in [0.4, 0.5) is 10.1 Å². The summed E-state index contributed by atoms with van der Waals surface area (Å²) in [5.41, 5.74) is 1.79. The van der Waals surface area contributed by atoms with Crippen LogP contribution in [-0.4, -0.2) is 28.3 Å². The molecule has 2 aromatic rings. The number of hydrogen-bond donors (Lipinski definition) is 2. The van der Waals surface area contributed by atoms with E-state index in [4.69, 9.17) is 0 Å². The zero-order chi connectivity index (χ0) is 16.1. The molecular formula is C16H19FN4O. The number of carbonyl (C=O) groups excluding carboxylic acids is 1. The van der Waals surface area contributed by atoms with Gasteiger partial charge in [0.15, 0.2) is 0 Å². The Kier molecular flexibility index (Phi) is 4.93. The van der Waals surface area contributed by atoms with Gasteiger partial charge in [0.25, 0.3) is 0 Å². The molecule has 6 heteroatoms. The van der Waals surface area contributed by atoms with Gasteiger partial charge in [0.2, 0.25) is 5.91 Å². The Morgan fingerprint density at radius 2 is 2.23 bits per heavy atom. The average Bonchev–Trinajstić information content (AvgIpc) is 2.86. The summed E-state index contributed by atoms with van der Waals surface area (Å²) in [6, 6.07) is 5.98. The van der Waals surface area contributed by atoms with E-state index in [0.29, 0.717) is 17.9 Å². The van der Waals surface area contributed by atoms with Crippen molar-refractivity contribution in [2.24, 2.45) is 0 Å². The van der Waals surface area contributed by atoms with Crippen LogP contribution in [0.2, 0.25) is 0 Å². The summed E-state index contributed by atoms with van der Waals surface area (Å²) >= 11 is 0. The van der Waals surface area contributed by atoms with E-state index < -0.39 is 6.04 Å². The molecule has 0 aliphatic heterocycles. The van der Waals surface area contributed by atoms with E-state index in [2.05, 4.69) is 22.3 Å². The lowest BCUT2D eigenvalue weighted by molar-refractivity contribution is -0.121. The predicted octanol–water partition coefficient (Wildman–Crippen LogP) is 2.42. The highest BCUT2D eigenvalue weighted by atomic mass is 19.1. The van der Waals surface area contributed by atoms with Gasteiger partial charge >= 0.3 is 0 Å². The Hall–Kier alpha value is -2.63. The summed E-state index contributed by atoms with van der Waals surface area (Å²) in [5, 5.41) is 9.98. The zero-order valence-electron chi connectivity index (χ0n) is 12.6. The maximum absolute atomic E-state index is 13.8. The molecular weight excluding hydrogens is 283 g/mol. The molecule has 0 radical (unpaired) electrons. The molecule has 1 aromatic heterocycles. The number of amides is 1. The fraction of sp³-hybridized carbons (Fsp3) is 0.250. The Morgan fingerprint density at radius 1 is 1.50 bits per heavy atom. The molecule has 5 nitrogen and oxygen atoms in total. The quantitative estimate of drug-likeness (QED) is 0.806. The van der Waals surface area contributed by atoms with Crippen LogP contribution in [0.3, 0.4) is 0 Å². The molecule has 0 bridgehead atoms. The summed E-state index contributed by atoms with van der Waals surface area (Å²) in [7, 11) is 0. The number of para-hydroxylation sites is 1. The van der Waals surface area contributed by atoms with E-state index >= 15 is 0 Å². The topological polar surface area (TPSA) is 59.0 Å². The van der Waals surface area contributed by atoms with Crippen LogP contribution in [0, 0.1) is 12.7 Å². The van der Waals surface area contributed by atoms with Gasteiger partial charge in [0.05, 0.1) is 17.6 Å². The predicted molar refractivity (Wildman–Crippen MR) is 84.6 cm³/mol. The molecule has 0 spiro atoms. The molecule has 0 saturated heterocycles. The molecule has 0 fully saturated rings. The highest BCUT2D eigenvalue weighted by Gasteiger charge is 2.16. The van der Waals surface area contributed by atoms with Crippen LogP contribution in [0.15, 0.2) is 43.1 Å². The molecule has 22 heavy (non-hydrogen) atoms. The first kappa shape index (κ1) is 15.8. The normalized spacial score (nSPS) is 11.8. The zero-order valence-corrected chi connectivity index (χ0v) is 12.6. The highest BCUT2D eigenvalue weighted by Crippen LogP contribution is 2.20. The number of halogens is 1. The number of nitrogens with zero attached hydrogens (tertiary/aromatic N) is 2. The maximum atomic E-state index is 13.8. The van der Waals surface area contributed by atoms with Gasteiger partial charge < -0.3 is 10.6 Å². The monoisotopic (exact) mass is 302 g/mol. The maximum Gasteiger partial charge on any atom is 0.242 e. The number of carbonyl (C=O) groups is 1. The van der Waals surface area contributed by atoms with E-state index in [1.807, 2.05) is 6.92 Å². The third-order valence-corrected chi connectivity index (χ3v) is 3.28. The van der Waals surface area contributed by atoms with E-state index in [1.165, 1.54) is 10.7 Å². The minimum absolute atomic E-state index is 0.141. The van der Waals surface area contributed by atoms with E-state index in [0.717, 1.165) is 5.69 Å². The molecule has 1 aromatic carbocycles. The van der Waals surface area contributed by atoms with Crippen LogP contribution in [0.25, 0.3) is 5.69 Å². The second-order valence-corrected chi connectivity index (χ2v) is 4.91. The van der Waals surface area contributed by atoms with Gasteiger partial charge in [-0.05, 0) is 26.0 Å². The van der Waals surface area contributed by atoms with Crippen LogP contribution in [0.5, 0.6) is 0 Å². The first-order chi connectivity index (χ1) is 10.5. The minimum atomic E-state index is -0.433. The minimum Gasteiger partial charge on any atom is -0.371 e. The lowest BCUT2D eigenvalue weighted by Gasteiger charge is -2.14. The van der Waals surface area contributed by atoms with Gasteiger partial charge in [0.1, 0.15) is 17.5 Å². The Labute approximate surface area is 128 Å². The number of aromatic nitrogens is 2. The third kappa shape index (κ3) is 3.33. The summed E-state index contributed by atoms with van der Waals surface area (Å²) in [6.07, 6.45) is 3.20. The van der Waals surface area contributed by atoms with Crippen LogP contribution in [-0.2, 0) is 4.79 Å². The standard InChI is InChI=1S/C16H19FN4O/c1-4-9-18-16(22)11(2)20-14-10-19-21(12(14)3)15-8-6-5-7-13(15)17/h4-8,10-11,20H,1,9H2,2-3H3,(H,18,22)/t11-/m1/s1. The fourth-order valence-corrected chi connectivity index (χ4v) is 2.04. The highest BCUT2D eigenvalue weighted by molar-refractivity contribution is 5.84. The van der Waals surface area contributed by atoms with Crippen LogP contribution < -0.4 is 10.6 Å². The first-order valence-corrected chi connectivity index (χ1v) is 6.99. The van der Waals surface area contributed by atoms with Gasteiger partial charge in [-0.2, -0.15) is 5.10 Å². The lowest BCUT2D eigenvalue weighted by atomic mass is 10.2. The van der Waals surface area contributed by atoms with Crippen LogP contribution >= 0.6 is 0 Å². The van der Waals surface area contributed by atoms with Crippen molar-refractivity contribution in [3.05, 3.63) is 54.6 Å². The van der Waals surface area contributed by atoms with Crippen molar-refractivity contribution in [1.29, 1.82) is 0 Å². The summed E-state index contributed by atoms with van der Waals surface area (Å²) in [5.74, 6) is -0.491. The smallest absolute Gasteiger partial charge is 0.242 e. The van der Waals surface area contributed by atoms with Gasteiger partial charge in [-0.1, -0.05) is 18.2 Å². The lowest BCUT2D eigenvalue weighted by Crippen LogP contribution is -2.37. The molecule has 0 saturated carbocycles. The van der Waals surface area contributed by atoms with Crippen molar-refractivity contribution in [1.82, 2.24) is 15.1 Å². The molecule has 116 valence electrons. The molecule has 0 aliphatic rings. The molecule has 1 amide bonds. The summed E-state index contributed by atoms with van der Waals surface area (Å²) in [6.45, 7) is 7.53.